The molecule has 1 N–H and O–H groups in total. The lowest BCUT2D eigenvalue weighted by Gasteiger charge is -1.98. The van der Waals surface area contributed by atoms with Crippen molar-refractivity contribution in [2.75, 3.05) is 0 Å². The first kappa shape index (κ1) is 16.7. The van der Waals surface area contributed by atoms with E-state index in [-0.39, 0.29) is 5.91 Å². The van der Waals surface area contributed by atoms with Gasteiger partial charge in [-0.05, 0) is 55.4 Å². The maximum atomic E-state index is 12.4. The number of nitrogens with zero attached hydrogens (tertiary/aromatic N) is 2. The molecule has 2 heterocycles. The molecule has 0 unspecified atom stereocenters. The second-order valence-electron chi connectivity index (χ2n) is 6.40. The summed E-state index contributed by atoms with van der Waals surface area (Å²) in [6, 6.07) is 16.2. The third kappa shape index (κ3) is 2.95. The van der Waals surface area contributed by atoms with E-state index in [2.05, 4.69) is 33.9 Å². The lowest BCUT2D eigenvalue weighted by Crippen LogP contribution is -2.19. The molecular formula is C21H19N3OS. The Bertz CT molecular complexity index is 1090. The molecule has 0 aliphatic carbocycles. The fraction of sp³-hybridized carbons (Fsp3) is 0.143. The summed E-state index contributed by atoms with van der Waals surface area (Å²) in [5.74, 6) is -0.103. The first-order valence-corrected chi connectivity index (χ1v) is 9.25. The van der Waals surface area contributed by atoms with Gasteiger partial charge in [-0.25, -0.2) is 4.99 Å². The Morgan fingerprint density at radius 3 is 2.73 bits per heavy atom. The second-order valence-corrected chi connectivity index (χ2v) is 7.43. The molecule has 0 radical (unpaired) electrons. The fourth-order valence-electron chi connectivity index (χ4n) is 3.16. The number of hydrogen-bond acceptors (Lipinski definition) is 3. The third-order valence-corrected chi connectivity index (χ3v) is 5.52. The smallest absolute Gasteiger partial charge is 0.264 e. The van der Waals surface area contributed by atoms with Crippen LogP contribution >= 0.6 is 11.8 Å². The van der Waals surface area contributed by atoms with Gasteiger partial charge in [-0.1, -0.05) is 30.3 Å². The van der Waals surface area contributed by atoms with Crippen LogP contribution in [0.3, 0.4) is 0 Å². The van der Waals surface area contributed by atoms with Gasteiger partial charge in [0.05, 0.1) is 10.6 Å². The predicted molar refractivity (Wildman–Crippen MR) is 110 cm³/mol. The number of rotatable bonds is 2. The number of thioether (sulfide) groups is 1. The molecule has 3 aromatic rings. The van der Waals surface area contributed by atoms with Crippen LogP contribution in [-0.2, 0) is 11.8 Å². The van der Waals surface area contributed by atoms with Crippen LogP contribution in [-0.4, -0.2) is 15.6 Å². The topological polar surface area (TPSA) is 46.4 Å². The van der Waals surface area contributed by atoms with Crippen LogP contribution in [0.25, 0.3) is 17.0 Å². The van der Waals surface area contributed by atoms with Gasteiger partial charge in [-0.15, -0.1) is 0 Å². The highest BCUT2D eigenvalue weighted by Gasteiger charge is 2.25. The van der Waals surface area contributed by atoms with E-state index in [1.165, 1.54) is 11.8 Å². The number of amides is 1. The molecule has 130 valence electrons. The van der Waals surface area contributed by atoms with Crippen molar-refractivity contribution in [1.29, 1.82) is 0 Å². The Labute approximate surface area is 156 Å². The third-order valence-electron chi connectivity index (χ3n) is 4.61. The fourth-order valence-corrected chi connectivity index (χ4v) is 3.98. The largest absolute Gasteiger partial charge is 0.347 e. The van der Waals surface area contributed by atoms with Crippen molar-refractivity contribution in [3.05, 3.63) is 70.3 Å². The molecule has 0 bridgehead atoms. The molecule has 4 nitrogen and oxygen atoms in total. The van der Waals surface area contributed by atoms with Crippen molar-refractivity contribution in [3.8, 4) is 0 Å². The van der Waals surface area contributed by atoms with Gasteiger partial charge in [-0.2, -0.15) is 0 Å². The number of nitrogens with one attached hydrogen (secondary N) is 1. The molecule has 2 aromatic carbocycles. The maximum absolute atomic E-state index is 12.4. The van der Waals surface area contributed by atoms with E-state index >= 15 is 0 Å². The molecule has 1 aliphatic heterocycles. The van der Waals surface area contributed by atoms with E-state index < -0.39 is 0 Å². The number of carbonyl (C=O) groups is 1. The van der Waals surface area contributed by atoms with Crippen LogP contribution in [0.1, 0.15) is 16.8 Å². The molecule has 0 atom stereocenters. The van der Waals surface area contributed by atoms with Gasteiger partial charge in [0.25, 0.3) is 5.91 Å². The Hall–Kier alpha value is -2.79. The van der Waals surface area contributed by atoms with Crippen LogP contribution in [0.15, 0.2) is 58.4 Å². The summed E-state index contributed by atoms with van der Waals surface area (Å²) >= 11 is 1.38. The number of hydrogen-bond donors (Lipinski definition) is 1. The monoisotopic (exact) mass is 361 g/mol. The normalized spacial score (nSPS) is 17.4. The Morgan fingerprint density at radius 2 is 1.92 bits per heavy atom. The maximum Gasteiger partial charge on any atom is 0.264 e. The molecule has 1 aromatic heterocycles. The zero-order valence-corrected chi connectivity index (χ0v) is 15.7. The van der Waals surface area contributed by atoms with E-state index in [9.17, 15) is 4.79 Å². The van der Waals surface area contributed by atoms with E-state index in [1.807, 2.05) is 56.4 Å². The highest BCUT2D eigenvalue weighted by atomic mass is 32.2. The van der Waals surface area contributed by atoms with Crippen LogP contribution < -0.4 is 5.32 Å². The number of para-hydroxylation sites is 1. The number of aromatic nitrogens is 1. The van der Waals surface area contributed by atoms with Gasteiger partial charge in [0.2, 0.25) is 0 Å². The highest BCUT2D eigenvalue weighted by Crippen LogP contribution is 2.32. The molecule has 1 aliphatic rings. The zero-order chi connectivity index (χ0) is 18.3. The van der Waals surface area contributed by atoms with Crippen LogP contribution in [0.2, 0.25) is 0 Å². The number of amidine groups is 1. The minimum absolute atomic E-state index is 0.103. The lowest BCUT2D eigenvalue weighted by molar-refractivity contribution is -0.115. The molecule has 4 rings (SSSR count). The highest BCUT2D eigenvalue weighted by molar-refractivity contribution is 8.18. The van der Waals surface area contributed by atoms with Crippen molar-refractivity contribution in [3.63, 3.8) is 0 Å². The van der Waals surface area contributed by atoms with E-state index in [0.29, 0.717) is 10.1 Å². The summed E-state index contributed by atoms with van der Waals surface area (Å²) in [5.41, 5.74) is 5.36. The SMILES string of the molecule is Cc1cccc(N=C2NC(=O)/C(=C\c3c(C)n(C)c4ccccc34)S2)c1. The number of aryl methyl sites for hydroxylation is 2. The van der Waals surface area contributed by atoms with Crippen LogP contribution in [0, 0.1) is 13.8 Å². The van der Waals surface area contributed by atoms with Crippen LogP contribution in [0.4, 0.5) is 5.69 Å². The number of carbonyl (C=O) groups excluding carboxylic acids is 1. The molecular weight excluding hydrogens is 342 g/mol. The Balaban J connectivity index is 1.71. The summed E-state index contributed by atoms with van der Waals surface area (Å²) in [7, 11) is 2.05. The first-order chi connectivity index (χ1) is 12.5. The average Bonchev–Trinajstić information content (AvgIpc) is 3.08. The minimum Gasteiger partial charge on any atom is -0.347 e. The van der Waals surface area contributed by atoms with Gasteiger partial charge in [-0.3, -0.25) is 4.79 Å². The Morgan fingerprint density at radius 1 is 1.12 bits per heavy atom. The summed E-state index contributed by atoms with van der Waals surface area (Å²) < 4.78 is 2.15. The zero-order valence-electron chi connectivity index (χ0n) is 14.9. The van der Waals surface area contributed by atoms with Crippen molar-refractivity contribution >= 4 is 45.5 Å². The molecule has 1 saturated heterocycles. The van der Waals surface area contributed by atoms with E-state index in [1.54, 1.807) is 0 Å². The average molecular weight is 361 g/mol. The predicted octanol–water partition coefficient (Wildman–Crippen LogP) is 4.69. The van der Waals surface area contributed by atoms with Crippen molar-refractivity contribution in [1.82, 2.24) is 9.88 Å². The number of benzene rings is 2. The second kappa shape index (κ2) is 6.50. The summed E-state index contributed by atoms with van der Waals surface area (Å²) in [5, 5.41) is 4.63. The molecule has 0 saturated carbocycles. The molecule has 26 heavy (non-hydrogen) atoms. The number of fused-ring (bicyclic) bond motifs is 1. The number of aliphatic imine (C=N–C) groups is 1. The lowest BCUT2D eigenvalue weighted by atomic mass is 10.1. The molecule has 1 amide bonds. The Kier molecular flexibility index (Phi) is 4.17. The summed E-state index contributed by atoms with van der Waals surface area (Å²) in [6.07, 6.45) is 1.97. The minimum atomic E-state index is -0.103. The molecule has 5 heteroatoms. The van der Waals surface area contributed by atoms with Gasteiger partial charge in [0.1, 0.15) is 0 Å². The summed E-state index contributed by atoms with van der Waals surface area (Å²) in [6.45, 7) is 4.10. The van der Waals surface area contributed by atoms with Crippen molar-refractivity contribution in [2.45, 2.75) is 13.8 Å². The summed E-state index contributed by atoms with van der Waals surface area (Å²) in [4.78, 5) is 17.6. The quantitative estimate of drug-likeness (QED) is 0.673. The standard InChI is InChI=1S/C21H19N3OS/c1-13-7-6-8-15(11-13)22-21-23-20(25)19(26-21)12-17-14(2)24(3)18-10-5-4-9-16(17)18/h4-12H,1-3H3,(H,22,23,25)/b19-12+. The van der Waals surface area contributed by atoms with Crippen LogP contribution in [0.5, 0.6) is 0 Å². The van der Waals surface area contributed by atoms with E-state index in [0.717, 1.165) is 33.4 Å². The molecule has 0 spiro atoms. The van der Waals surface area contributed by atoms with Gasteiger partial charge in [0.15, 0.2) is 5.17 Å². The van der Waals surface area contributed by atoms with Crippen molar-refractivity contribution in [2.24, 2.45) is 12.0 Å². The van der Waals surface area contributed by atoms with Gasteiger partial charge in [0, 0.05) is 29.2 Å². The first-order valence-electron chi connectivity index (χ1n) is 8.43. The molecule has 1 fully saturated rings. The van der Waals surface area contributed by atoms with Gasteiger partial charge >= 0.3 is 0 Å². The van der Waals surface area contributed by atoms with Crippen molar-refractivity contribution < 1.29 is 4.79 Å². The van der Waals surface area contributed by atoms with E-state index in [4.69, 9.17) is 0 Å². The van der Waals surface area contributed by atoms with Gasteiger partial charge < -0.3 is 9.88 Å².